The maximum absolute atomic E-state index is 2.42. The summed E-state index contributed by atoms with van der Waals surface area (Å²) in [6.45, 7) is 10.7. The number of allylic oxidation sites excluding steroid dienone is 8. The van der Waals surface area contributed by atoms with E-state index in [1.807, 2.05) is 0 Å². The third-order valence-electron chi connectivity index (χ3n) is 22.1. The highest BCUT2D eigenvalue weighted by Gasteiger charge is 2.20. The molecule has 0 aliphatic heterocycles. The molecule has 0 fully saturated rings. The van der Waals surface area contributed by atoms with Gasteiger partial charge in [-0.1, -0.05) is 374 Å². The Kier molecular flexibility index (Phi) is 25.3. The summed E-state index contributed by atoms with van der Waals surface area (Å²) in [6, 6.07) is 126. The van der Waals surface area contributed by atoms with E-state index in [0.29, 0.717) is 0 Å². The largest absolute Gasteiger partial charge is 0.310 e. The van der Waals surface area contributed by atoms with Gasteiger partial charge >= 0.3 is 0 Å². The van der Waals surface area contributed by atoms with Crippen LogP contribution in [-0.4, -0.2) is 0 Å². The number of fused-ring (bicyclic) bond motifs is 2. The van der Waals surface area contributed by atoms with Gasteiger partial charge in [0.25, 0.3) is 0 Å². The van der Waals surface area contributed by atoms with E-state index >= 15 is 0 Å². The average molecular weight is 1490 g/mol. The minimum absolute atomic E-state index is 1.14. The molecule has 0 aromatic heterocycles. The topological polar surface area (TPSA) is 6.48 Å². The molecule has 562 valence electrons. The molecule has 0 radical (unpaired) electrons. The van der Waals surface area contributed by atoms with E-state index in [1.165, 1.54) is 167 Å². The second-order valence-corrected chi connectivity index (χ2v) is 30.5. The Labute approximate surface area is 683 Å². The van der Waals surface area contributed by atoms with Crippen molar-refractivity contribution in [1.82, 2.24) is 0 Å². The molecule has 2 aliphatic rings. The number of rotatable bonds is 22. The molecule has 16 rings (SSSR count). The summed E-state index contributed by atoms with van der Waals surface area (Å²) in [5.74, 6) is 0. The predicted molar refractivity (Wildman–Crippen MR) is 495 cm³/mol. The van der Waals surface area contributed by atoms with Crippen molar-refractivity contribution < 1.29 is 0 Å². The summed E-state index contributed by atoms with van der Waals surface area (Å²) in [4.78, 5) is 4.79. The standard InChI is InChI=1S/C58H53N.C55H47N/c1-42-15-27-49(28-16-42)57(50-29-17-43(2)18-30-50)13-7-9-46-23-36-54(37-24-46)59(56-40-35-48-11-5-6-12-53(48)41-56)55-38-25-47(26-39-55)10-8-14-58(51-31-19-44(3)20-32-51)52-33-21-45(4)22-34-52;1-42-27-33-49(34-28-42)55(48-22-9-4-10-23-48)26-14-16-44-31-38-52(39-32-44)56(53-40-35-45-17-11-12-24-50(45)41-53)51-36-29-43(30-37-51)15-13-25-54(46-18-5-2-6-19-46)47-20-7-3-8-21-47/h7-10,13-41H,5-6,11-12H2,1-4H3;2-10,13-16,18-23,25-41H,11-12,17,24H2,1H3/b9-7+,10-8+;15-13+,16-14+,55-26+. The smallest absolute Gasteiger partial charge is 0.0464 e. The van der Waals surface area contributed by atoms with Crippen molar-refractivity contribution in [2.45, 2.75) is 86.0 Å². The normalized spacial score (nSPS) is 12.5. The Morgan fingerprint density at radius 1 is 0.200 bits per heavy atom. The first-order chi connectivity index (χ1) is 56.5. The van der Waals surface area contributed by atoms with E-state index in [-0.39, 0.29) is 0 Å². The molecule has 0 saturated heterocycles. The molecule has 2 nitrogen and oxygen atoms in total. The molecule has 14 aromatic carbocycles. The fourth-order valence-corrected chi connectivity index (χ4v) is 15.5. The third-order valence-corrected chi connectivity index (χ3v) is 22.1. The van der Waals surface area contributed by atoms with Gasteiger partial charge in [0.1, 0.15) is 0 Å². The van der Waals surface area contributed by atoms with Gasteiger partial charge in [-0.05, 0) is 270 Å². The van der Waals surface area contributed by atoms with Crippen LogP contribution in [-0.2, 0) is 25.7 Å². The lowest BCUT2D eigenvalue weighted by Crippen LogP contribution is -2.12. The van der Waals surface area contributed by atoms with Gasteiger partial charge in [0, 0.05) is 34.1 Å². The second kappa shape index (κ2) is 37.7. The van der Waals surface area contributed by atoms with Crippen LogP contribution in [0.5, 0.6) is 0 Å². The van der Waals surface area contributed by atoms with E-state index in [9.17, 15) is 0 Å². The van der Waals surface area contributed by atoms with Crippen LogP contribution in [0, 0.1) is 34.6 Å². The van der Waals surface area contributed by atoms with E-state index in [1.54, 1.807) is 0 Å². The van der Waals surface area contributed by atoms with Gasteiger partial charge in [-0.15, -0.1) is 0 Å². The van der Waals surface area contributed by atoms with Crippen molar-refractivity contribution in [3.63, 3.8) is 0 Å². The molecule has 0 heterocycles. The van der Waals surface area contributed by atoms with Gasteiger partial charge in [-0.2, -0.15) is 0 Å². The SMILES string of the molecule is Cc1ccc(/C(=C/C=C/c2ccc(N(c3ccc(/C=C/C=C(c4ccccc4)c4ccccc4)cc3)c3ccc4c(c3)CCCC4)cc2)c2ccccc2)cc1.Cc1ccc(C(=C/C=C/c2ccc(N(c3ccc(/C=C/C=C(c4ccc(C)cc4)c4ccc(C)cc4)cc3)c3ccc4c(c3)CCCC4)cc2)c2ccc(C)cc2)cc1. The molecule has 0 saturated carbocycles. The molecule has 0 N–H and O–H groups in total. The van der Waals surface area contributed by atoms with Crippen LogP contribution in [0.1, 0.15) is 143 Å². The maximum atomic E-state index is 2.42. The summed E-state index contributed by atoms with van der Waals surface area (Å²) in [7, 11) is 0. The molecule has 0 bridgehead atoms. The molecular formula is C113H100N2. The van der Waals surface area contributed by atoms with Crippen molar-refractivity contribution in [2.75, 3.05) is 9.80 Å². The van der Waals surface area contributed by atoms with Gasteiger partial charge in [0.05, 0.1) is 0 Å². The highest BCUT2D eigenvalue weighted by atomic mass is 15.1. The van der Waals surface area contributed by atoms with Crippen molar-refractivity contribution in [1.29, 1.82) is 0 Å². The van der Waals surface area contributed by atoms with Crippen LogP contribution in [0.3, 0.4) is 0 Å². The lowest BCUT2D eigenvalue weighted by Gasteiger charge is -2.27. The lowest BCUT2D eigenvalue weighted by atomic mass is 9.91. The highest BCUT2D eigenvalue weighted by Crippen LogP contribution is 2.41. The quantitative estimate of drug-likeness (QED) is 0.0624. The number of nitrogens with zero attached hydrogens (tertiary/aromatic N) is 2. The highest BCUT2D eigenvalue weighted by molar-refractivity contribution is 5.87. The fourth-order valence-electron chi connectivity index (χ4n) is 15.5. The zero-order valence-electron chi connectivity index (χ0n) is 66.9. The van der Waals surface area contributed by atoms with Crippen LogP contribution in [0.2, 0.25) is 0 Å². The van der Waals surface area contributed by atoms with Crippen molar-refractivity contribution in [3.05, 3.63) is 511 Å². The van der Waals surface area contributed by atoms with Crippen LogP contribution in [0.4, 0.5) is 34.1 Å². The molecule has 0 amide bonds. The van der Waals surface area contributed by atoms with Crippen LogP contribution < -0.4 is 9.80 Å². The zero-order valence-corrected chi connectivity index (χ0v) is 66.9. The Morgan fingerprint density at radius 2 is 0.400 bits per heavy atom. The monoisotopic (exact) mass is 1480 g/mol. The first-order valence-electron chi connectivity index (χ1n) is 40.8. The van der Waals surface area contributed by atoms with Gasteiger partial charge in [0.2, 0.25) is 0 Å². The van der Waals surface area contributed by atoms with E-state index in [4.69, 9.17) is 0 Å². The van der Waals surface area contributed by atoms with Crippen molar-refractivity contribution in [2.24, 2.45) is 0 Å². The van der Waals surface area contributed by atoms with E-state index < -0.39 is 0 Å². The van der Waals surface area contributed by atoms with Crippen LogP contribution in [0.25, 0.3) is 46.6 Å². The van der Waals surface area contributed by atoms with Crippen LogP contribution in [0.15, 0.2) is 394 Å². The Bertz CT molecular complexity index is 5520. The minimum Gasteiger partial charge on any atom is -0.310 e. The third kappa shape index (κ3) is 20.1. The molecule has 14 aromatic rings. The summed E-state index contributed by atoms with van der Waals surface area (Å²) < 4.78 is 0. The van der Waals surface area contributed by atoms with Crippen molar-refractivity contribution >= 4 is 80.7 Å². The zero-order chi connectivity index (χ0) is 78.5. The average Bonchev–Trinajstić information content (AvgIpc) is 0.795. The lowest BCUT2D eigenvalue weighted by molar-refractivity contribution is 0.685. The fraction of sp³-hybridized carbons (Fsp3) is 0.115. The van der Waals surface area contributed by atoms with E-state index in [0.717, 1.165) is 57.8 Å². The van der Waals surface area contributed by atoms with Gasteiger partial charge in [0.15, 0.2) is 0 Å². The number of aryl methyl sites for hydroxylation is 9. The molecule has 0 unspecified atom stereocenters. The number of benzene rings is 14. The summed E-state index contributed by atoms with van der Waals surface area (Å²) in [5.41, 5.74) is 38.4. The predicted octanol–water partition coefficient (Wildman–Crippen LogP) is 30.2. The summed E-state index contributed by atoms with van der Waals surface area (Å²) >= 11 is 0. The molecule has 115 heavy (non-hydrogen) atoms. The first kappa shape index (κ1) is 76.9. The van der Waals surface area contributed by atoms with Crippen LogP contribution >= 0.6 is 0 Å². The number of anilines is 6. The van der Waals surface area contributed by atoms with Gasteiger partial charge in [-0.3, -0.25) is 0 Å². The summed E-state index contributed by atoms with van der Waals surface area (Å²) in [6.07, 6.45) is 36.1. The Balaban J connectivity index is 0.000000181. The van der Waals surface area contributed by atoms with Gasteiger partial charge < -0.3 is 9.80 Å². The first-order valence-corrected chi connectivity index (χ1v) is 40.8. The molecule has 0 atom stereocenters. The minimum atomic E-state index is 1.14. The van der Waals surface area contributed by atoms with Gasteiger partial charge in [-0.25, -0.2) is 0 Å². The number of hydrogen-bond donors (Lipinski definition) is 0. The summed E-state index contributed by atoms with van der Waals surface area (Å²) in [5, 5.41) is 0. The molecule has 2 aliphatic carbocycles. The molecule has 0 spiro atoms. The van der Waals surface area contributed by atoms with Crippen molar-refractivity contribution in [3.8, 4) is 0 Å². The Hall–Kier alpha value is -13.4. The second-order valence-electron chi connectivity index (χ2n) is 30.5. The maximum Gasteiger partial charge on any atom is 0.0464 e. The molecular weight excluding hydrogens is 1390 g/mol. The Morgan fingerprint density at radius 3 is 0.626 bits per heavy atom. The molecule has 2 heteroatoms. The van der Waals surface area contributed by atoms with E-state index in [2.05, 4.69) is 463 Å². The number of hydrogen-bond acceptors (Lipinski definition) is 2.